The van der Waals surface area contributed by atoms with Gasteiger partial charge in [0, 0.05) is 17.8 Å². The van der Waals surface area contributed by atoms with Crippen LogP contribution in [0.2, 0.25) is 0 Å². The van der Waals surface area contributed by atoms with Crippen LogP contribution in [0.4, 0.5) is 13.2 Å². The van der Waals surface area contributed by atoms with Crippen LogP contribution < -0.4 is 4.72 Å². The fourth-order valence-corrected chi connectivity index (χ4v) is 4.67. The molecule has 0 saturated carbocycles. The van der Waals surface area contributed by atoms with Gasteiger partial charge in [0.15, 0.2) is 5.75 Å². The Hall–Kier alpha value is -2.39. The topological polar surface area (TPSA) is 74.8 Å². The molecule has 3 rings (SSSR count). The minimum atomic E-state index is -4.79. The van der Waals surface area contributed by atoms with E-state index < -0.39 is 27.4 Å². The molecule has 0 saturated heterocycles. The van der Waals surface area contributed by atoms with Gasteiger partial charge in [-0.25, -0.2) is 13.1 Å². The number of halogens is 3. The lowest BCUT2D eigenvalue weighted by atomic mass is 9.71. The van der Waals surface area contributed by atoms with E-state index in [-0.39, 0.29) is 12.5 Å². The molecule has 0 aliphatic carbocycles. The minimum Gasteiger partial charge on any atom is -0.278 e. The standard InChI is InChI=1S/C20H22F3N3O2S/c1-19(2,12-25-29(27,28)13-20(21,22)23)18(14-6-4-3-5-7-14)15-8-9-17-16(10-15)11-24-26-17/h3-11,18,25H,12-13H2,1-2H3,(H,24,26)/t18-/m0/s1. The number of aromatic amines is 1. The molecule has 9 heteroatoms. The van der Waals surface area contributed by atoms with Crippen LogP contribution in [0, 0.1) is 5.41 Å². The lowest BCUT2D eigenvalue weighted by Crippen LogP contribution is -2.41. The van der Waals surface area contributed by atoms with Crippen LogP contribution in [0.25, 0.3) is 10.9 Å². The molecule has 0 unspecified atom stereocenters. The second-order valence-corrected chi connectivity index (χ2v) is 9.55. The first-order valence-corrected chi connectivity index (χ1v) is 10.6. The number of fused-ring (bicyclic) bond motifs is 1. The highest BCUT2D eigenvalue weighted by atomic mass is 32.2. The fraction of sp³-hybridized carbons (Fsp3) is 0.350. The number of H-pyrrole nitrogens is 1. The highest BCUT2D eigenvalue weighted by molar-refractivity contribution is 7.89. The summed E-state index contributed by atoms with van der Waals surface area (Å²) in [6.45, 7) is 3.52. The molecule has 1 aromatic heterocycles. The van der Waals surface area contributed by atoms with Crippen molar-refractivity contribution in [2.75, 3.05) is 12.3 Å². The number of benzene rings is 2. The Morgan fingerprint density at radius 2 is 1.76 bits per heavy atom. The second-order valence-electron chi connectivity index (χ2n) is 7.74. The van der Waals surface area contributed by atoms with E-state index in [1.54, 1.807) is 6.20 Å². The molecule has 0 fully saturated rings. The number of hydrogen-bond acceptors (Lipinski definition) is 3. The van der Waals surface area contributed by atoms with Crippen molar-refractivity contribution >= 4 is 20.9 Å². The molecule has 156 valence electrons. The molecule has 5 nitrogen and oxygen atoms in total. The maximum absolute atomic E-state index is 12.5. The Morgan fingerprint density at radius 3 is 2.41 bits per heavy atom. The van der Waals surface area contributed by atoms with Gasteiger partial charge in [0.1, 0.15) is 0 Å². The van der Waals surface area contributed by atoms with Gasteiger partial charge in [-0.15, -0.1) is 0 Å². The average Bonchev–Trinajstić information content (AvgIpc) is 3.07. The van der Waals surface area contributed by atoms with Gasteiger partial charge in [-0.1, -0.05) is 50.2 Å². The number of nitrogens with one attached hydrogen (secondary N) is 2. The number of rotatable bonds is 7. The number of alkyl halides is 3. The molecule has 0 radical (unpaired) electrons. The van der Waals surface area contributed by atoms with E-state index in [9.17, 15) is 21.6 Å². The molecule has 0 aliphatic rings. The van der Waals surface area contributed by atoms with Gasteiger partial charge in [-0.2, -0.15) is 18.3 Å². The SMILES string of the molecule is CC(C)(CNS(=O)(=O)CC(F)(F)F)[C@@H](c1ccccc1)c1ccc2[nH]ncc2c1. The molecule has 0 amide bonds. The van der Waals surface area contributed by atoms with E-state index in [1.807, 2.05) is 62.4 Å². The zero-order valence-electron chi connectivity index (χ0n) is 16.0. The van der Waals surface area contributed by atoms with Gasteiger partial charge in [-0.3, -0.25) is 5.10 Å². The summed E-state index contributed by atoms with van der Waals surface area (Å²) >= 11 is 0. The summed E-state index contributed by atoms with van der Waals surface area (Å²) in [7, 11) is -4.49. The van der Waals surface area contributed by atoms with Crippen molar-refractivity contribution in [3.8, 4) is 0 Å². The zero-order valence-corrected chi connectivity index (χ0v) is 16.8. The van der Waals surface area contributed by atoms with E-state index >= 15 is 0 Å². The summed E-state index contributed by atoms with van der Waals surface area (Å²) in [5.41, 5.74) is 2.02. The summed E-state index contributed by atoms with van der Waals surface area (Å²) in [5.74, 6) is -2.15. The van der Waals surface area contributed by atoms with E-state index in [2.05, 4.69) is 14.9 Å². The molecule has 1 atom stereocenters. The number of sulfonamides is 1. The molecule has 1 heterocycles. The maximum Gasteiger partial charge on any atom is 0.404 e. The van der Waals surface area contributed by atoms with E-state index in [1.165, 1.54) is 0 Å². The fourth-order valence-electron chi connectivity index (χ4n) is 3.55. The second kappa shape index (κ2) is 7.79. The van der Waals surface area contributed by atoms with E-state index in [4.69, 9.17) is 0 Å². The van der Waals surface area contributed by atoms with Crippen molar-refractivity contribution in [2.24, 2.45) is 5.41 Å². The van der Waals surface area contributed by atoms with Crippen molar-refractivity contribution in [2.45, 2.75) is 25.9 Å². The third-order valence-electron chi connectivity index (χ3n) is 4.81. The first kappa shape index (κ1) is 21.3. The lowest BCUT2D eigenvalue weighted by Gasteiger charge is -2.35. The zero-order chi connectivity index (χ0) is 21.3. The third kappa shape index (κ3) is 5.36. The molecular weight excluding hydrogens is 403 g/mol. The molecule has 29 heavy (non-hydrogen) atoms. The summed E-state index contributed by atoms with van der Waals surface area (Å²) in [4.78, 5) is 0. The van der Waals surface area contributed by atoms with Gasteiger partial charge in [-0.05, 0) is 28.7 Å². The maximum atomic E-state index is 12.5. The van der Waals surface area contributed by atoms with E-state index in [0.29, 0.717) is 0 Å². The molecule has 2 N–H and O–H groups in total. The smallest absolute Gasteiger partial charge is 0.278 e. The van der Waals surface area contributed by atoms with Crippen LogP contribution in [0.5, 0.6) is 0 Å². The van der Waals surface area contributed by atoms with Gasteiger partial charge in [0.2, 0.25) is 10.0 Å². The van der Waals surface area contributed by atoms with Gasteiger partial charge < -0.3 is 0 Å². The Labute approximate surface area is 167 Å². The Kier molecular flexibility index (Phi) is 5.73. The normalized spacial score (nSPS) is 14.2. The van der Waals surface area contributed by atoms with Crippen LogP contribution in [-0.4, -0.2) is 37.1 Å². The predicted molar refractivity (Wildman–Crippen MR) is 106 cm³/mol. The Bertz CT molecular complexity index is 1080. The number of nitrogens with zero attached hydrogens (tertiary/aromatic N) is 1. The van der Waals surface area contributed by atoms with Gasteiger partial charge >= 0.3 is 6.18 Å². The van der Waals surface area contributed by atoms with Crippen LogP contribution >= 0.6 is 0 Å². The van der Waals surface area contributed by atoms with Crippen molar-refractivity contribution in [1.29, 1.82) is 0 Å². The molecule has 2 aromatic carbocycles. The highest BCUT2D eigenvalue weighted by Gasteiger charge is 2.38. The summed E-state index contributed by atoms with van der Waals surface area (Å²) < 4.78 is 63.6. The molecule has 0 bridgehead atoms. The average molecular weight is 425 g/mol. The summed E-state index contributed by atoms with van der Waals surface area (Å²) in [6, 6.07) is 15.3. The predicted octanol–water partition coefficient (Wildman–Crippen LogP) is 4.20. The summed E-state index contributed by atoms with van der Waals surface area (Å²) in [6.07, 6.45) is -3.10. The Morgan fingerprint density at radius 1 is 1.07 bits per heavy atom. The first-order valence-electron chi connectivity index (χ1n) is 8.99. The minimum absolute atomic E-state index is 0.144. The monoisotopic (exact) mass is 425 g/mol. The van der Waals surface area contributed by atoms with Gasteiger partial charge in [0.25, 0.3) is 0 Å². The van der Waals surface area contributed by atoms with Crippen molar-refractivity contribution in [3.63, 3.8) is 0 Å². The van der Waals surface area contributed by atoms with Crippen LogP contribution in [-0.2, 0) is 10.0 Å². The molecular formula is C20H22F3N3O2S. The van der Waals surface area contributed by atoms with Crippen molar-refractivity contribution in [3.05, 3.63) is 65.9 Å². The molecule has 0 aliphatic heterocycles. The molecule has 0 spiro atoms. The summed E-state index contributed by atoms with van der Waals surface area (Å²) in [5, 5.41) is 7.80. The third-order valence-corrected chi connectivity index (χ3v) is 6.10. The van der Waals surface area contributed by atoms with Crippen molar-refractivity contribution in [1.82, 2.24) is 14.9 Å². The first-order chi connectivity index (χ1) is 13.5. The highest BCUT2D eigenvalue weighted by Crippen LogP contribution is 2.41. The quantitative estimate of drug-likeness (QED) is 0.596. The molecule has 3 aromatic rings. The van der Waals surface area contributed by atoms with Gasteiger partial charge in [0.05, 0.1) is 11.7 Å². The lowest BCUT2D eigenvalue weighted by molar-refractivity contribution is -0.106. The van der Waals surface area contributed by atoms with Crippen LogP contribution in [0.15, 0.2) is 54.7 Å². The number of hydrogen-bond donors (Lipinski definition) is 2. The van der Waals surface area contributed by atoms with E-state index in [0.717, 1.165) is 22.0 Å². The Balaban J connectivity index is 1.94. The number of aromatic nitrogens is 2. The largest absolute Gasteiger partial charge is 0.404 e. The van der Waals surface area contributed by atoms with Crippen molar-refractivity contribution < 1.29 is 21.6 Å². The van der Waals surface area contributed by atoms with Crippen LogP contribution in [0.3, 0.4) is 0 Å². The van der Waals surface area contributed by atoms with Crippen LogP contribution in [0.1, 0.15) is 30.9 Å².